The highest BCUT2D eigenvalue weighted by molar-refractivity contribution is 5.90. The molecular formula is C31H36N10O3. The average Bonchev–Trinajstić information content (AvgIpc) is 3.74. The average molecular weight is 597 g/mol. The standard InChI is InChI=1S/C31H36N10O3/c1-30(2,3)44-29(43)40-10-6-9-31(40,4)28(42)39-13-11-38(12-14-39)25-8-7-21(16-33-25)26-27-22(15-32)17-35-41(27)20-24(36-26)23-18-34-37(5)19-23/h7-8,16-20H,6,9-14H2,1-5H3/t31-/m0/s1. The Morgan fingerprint density at radius 2 is 1.77 bits per heavy atom. The van der Waals surface area contributed by atoms with Gasteiger partial charge in [-0.1, -0.05) is 0 Å². The van der Waals surface area contributed by atoms with E-state index in [2.05, 4.69) is 21.2 Å². The fourth-order valence-corrected chi connectivity index (χ4v) is 5.98. The first kappa shape index (κ1) is 29.1. The second-order valence-electron chi connectivity index (χ2n) is 12.5. The molecule has 2 amide bonds. The van der Waals surface area contributed by atoms with Gasteiger partial charge in [-0.25, -0.2) is 19.3 Å². The molecule has 2 fully saturated rings. The van der Waals surface area contributed by atoms with Crippen molar-refractivity contribution in [2.75, 3.05) is 37.6 Å². The molecule has 0 aliphatic carbocycles. The SMILES string of the molecule is Cn1cc(-c2cn3ncc(C#N)c3c(-c3ccc(N4CCN(C(=O)[C@]5(C)CCCN5C(=O)OC(C)(C)C)CC4)nc3)n2)cn1. The lowest BCUT2D eigenvalue weighted by atomic mass is 9.96. The van der Waals surface area contributed by atoms with Gasteiger partial charge < -0.3 is 14.5 Å². The third-order valence-electron chi connectivity index (χ3n) is 8.25. The Balaban J connectivity index is 1.18. The van der Waals surface area contributed by atoms with Gasteiger partial charge >= 0.3 is 6.09 Å². The number of pyridine rings is 1. The van der Waals surface area contributed by atoms with Crippen molar-refractivity contribution < 1.29 is 14.3 Å². The number of amides is 2. The molecule has 0 aromatic carbocycles. The number of piperazine rings is 1. The van der Waals surface area contributed by atoms with E-state index in [0.717, 1.165) is 23.4 Å². The molecule has 13 heteroatoms. The number of fused-ring (bicyclic) bond motifs is 1. The zero-order valence-corrected chi connectivity index (χ0v) is 25.7. The minimum Gasteiger partial charge on any atom is -0.444 e. The van der Waals surface area contributed by atoms with Crippen LogP contribution in [0.3, 0.4) is 0 Å². The summed E-state index contributed by atoms with van der Waals surface area (Å²) in [5.41, 5.74) is 2.38. The highest BCUT2D eigenvalue weighted by atomic mass is 16.6. The number of hydrogen-bond donors (Lipinski definition) is 0. The van der Waals surface area contributed by atoms with E-state index in [9.17, 15) is 14.9 Å². The molecule has 6 heterocycles. The molecule has 0 N–H and O–H groups in total. The van der Waals surface area contributed by atoms with E-state index in [0.29, 0.717) is 61.6 Å². The number of aromatic nitrogens is 6. The summed E-state index contributed by atoms with van der Waals surface area (Å²) in [6, 6.07) is 6.10. The molecule has 0 bridgehead atoms. The Kier molecular flexibility index (Phi) is 7.23. The van der Waals surface area contributed by atoms with Crippen LogP contribution in [0.1, 0.15) is 46.1 Å². The maximum absolute atomic E-state index is 13.7. The van der Waals surface area contributed by atoms with Gasteiger partial charge in [0.15, 0.2) is 0 Å². The lowest BCUT2D eigenvalue weighted by Gasteiger charge is -2.42. The number of rotatable bonds is 4. The molecule has 0 radical (unpaired) electrons. The predicted molar refractivity (Wildman–Crippen MR) is 163 cm³/mol. The maximum Gasteiger partial charge on any atom is 0.411 e. The van der Waals surface area contributed by atoms with Gasteiger partial charge in [0, 0.05) is 63.3 Å². The monoisotopic (exact) mass is 596 g/mol. The van der Waals surface area contributed by atoms with Crippen molar-refractivity contribution in [3.05, 3.63) is 48.7 Å². The molecule has 0 saturated carbocycles. The summed E-state index contributed by atoms with van der Waals surface area (Å²) in [5.74, 6) is 0.748. The summed E-state index contributed by atoms with van der Waals surface area (Å²) in [4.78, 5) is 41.8. The molecule has 228 valence electrons. The second-order valence-corrected chi connectivity index (χ2v) is 12.5. The van der Waals surface area contributed by atoms with Crippen LogP contribution in [0.5, 0.6) is 0 Å². The first-order valence-corrected chi connectivity index (χ1v) is 14.8. The van der Waals surface area contributed by atoms with E-state index in [-0.39, 0.29) is 5.91 Å². The summed E-state index contributed by atoms with van der Waals surface area (Å²) in [7, 11) is 1.84. The second kappa shape index (κ2) is 10.9. The third kappa shape index (κ3) is 5.32. The van der Waals surface area contributed by atoms with Crippen molar-refractivity contribution in [3.8, 4) is 28.6 Å². The van der Waals surface area contributed by atoms with Gasteiger partial charge in [0.05, 0.1) is 30.0 Å². The molecule has 6 rings (SSSR count). The normalized spacial score (nSPS) is 19.0. The Morgan fingerprint density at radius 3 is 2.41 bits per heavy atom. The summed E-state index contributed by atoms with van der Waals surface area (Å²) in [6.07, 6.45) is 9.63. The highest BCUT2D eigenvalue weighted by Gasteiger charge is 2.49. The fraction of sp³-hybridized carbons (Fsp3) is 0.452. The number of hydrogen-bond acceptors (Lipinski definition) is 9. The van der Waals surface area contributed by atoms with Crippen LogP contribution < -0.4 is 4.90 Å². The van der Waals surface area contributed by atoms with Crippen LogP contribution in [0, 0.1) is 11.3 Å². The number of likely N-dealkylation sites (tertiary alicyclic amines) is 1. The van der Waals surface area contributed by atoms with Gasteiger partial charge in [-0.3, -0.25) is 14.4 Å². The lowest BCUT2D eigenvalue weighted by molar-refractivity contribution is -0.142. The maximum atomic E-state index is 13.7. The van der Waals surface area contributed by atoms with E-state index in [1.54, 1.807) is 32.7 Å². The zero-order chi connectivity index (χ0) is 31.2. The molecule has 2 aliphatic rings. The van der Waals surface area contributed by atoms with Crippen molar-refractivity contribution in [1.82, 2.24) is 39.2 Å². The predicted octanol–water partition coefficient (Wildman–Crippen LogP) is 3.50. The molecule has 0 unspecified atom stereocenters. The van der Waals surface area contributed by atoms with E-state index >= 15 is 0 Å². The fourth-order valence-electron chi connectivity index (χ4n) is 5.98. The minimum atomic E-state index is -0.914. The molecule has 44 heavy (non-hydrogen) atoms. The molecular weight excluding hydrogens is 560 g/mol. The van der Waals surface area contributed by atoms with Crippen LogP contribution in [0.15, 0.2) is 43.1 Å². The van der Waals surface area contributed by atoms with E-state index in [1.165, 1.54) is 6.20 Å². The van der Waals surface area contributed by atoms with Crippen molar-refractivity contribution in [2.45, 2.75) is 51.7 Å². The number of nitriles is 1. The quantitative estimate of drug-likeness (QED) is 0.346. The Morgan fingerprint density at radius 1 is 1.00 bits per heavy atom. The number of carbonyl (C=O) groups is 2. The summed E-state index contributed by atoms with van der Waals surface area (Å²) in [6.45, 7) is 10.1. The van der Waals surface area contributed by atoms with Gasteiger partial charge in [-0.2, -0.15) is 15.5 Å². The van der Waals surface area contributed by atoms with Crippen LogP contribution in [-0.2, 0) is 16.6 Å². The van der Waals surface area contributed by atoms with Crippen LogP contribution in [-0.4, -0.2) is 95.0 Å². The Labute approximate surface area is 255 Å². The topological polar surface area (TPSA) is 138 Å². The van der Waals surface area contributed by atoms with E-state index < -0.39 is 17.2 Å². The molecule has 1 atom stereocenters. The molecule has 4 aromatic rings. The molecule has 4 aromatic heterocycles. The summed E-state index contributed by atoms with van der Waals surface area (Å²) < 4.78 is 8.98. The molecule has 2 aliphatic heterocycles. The summed E-state index contributed by atoms with van der Waals surface area (Å²) in [5, 5.41) is 18.3. The molecule has 2 saturated heterocycles. The zero-order valence-electron chi connectivity index (χ0n) is 25.7. The molecule has 0 spiro atoms. The number of carbonyl (C=O) groups excluding carboxylic acids is 2. The number of ether oxygens (including phenoxy) is 1. The van der Waals surface area contributed by atoms with Crippen LogP contribution >= 0.6 is 0 Å². The van der Waals surface area contributed by atoms with Crippen molar-refractivity contribution in [3.63, 3.8) is 0 Å². The van der Waals surface area contributed by atoms with E-state index in [4.69, 9.17) is 14.7 Å². The van der Waals surface area contributed by atoms with Gasteiger partial charge in [-0.15, -0.1) is 0 Å². The summed E-state index contributed by atoms with van der Waals surface area (Å²) >= 11 is 0. The van der Waals surface area contributed by atoms with Crippen LogP contribution in [0.4, 0.5) is 10.6 Å². The van der Waals surface area contributed by atoms with E-state index in [1.807, 2.05) is 58.0 Å². The number of nitrogens with zero attached hydrogens (tertiary/aromatic N) is 10. The molecule has 13 nitrogen and oxygen atoms in total. The van der Waals surface area contributed by atoms with Gasteiger partial charge in [-0.05, 0) is 52.7 Å². The van der Waals surface area contributed by atoms with Crippen molar-refractivity contribution in [1.29, 1.82) is 5.26 Å². The minimum absolute atomic E-state index is 0.0403. The lowest BCUT2D eigenvalue weighted by Crippen LogP contribution is -2.60. The smallest absolute Gasteiger partial charge is 0.411 e. The first-order valence-electron chi connectivity index (χ1n) is 14.8. The number of aryl methyl sites for hydroxylation is 1. The van der Waals surface area contributed by atoms with Crippen LogP contribution in [0.25, 0.3) is 28.0 Å². The largest absolute Gasteiger partial charge is 0.444 e. The van der Waals surface area contributed by atoms with Crippen molar-refractivity contribution in [2.24, 2.45) is 7.05 Å². The Bertz CT molecular complexity index is 1760. The van der Waals surface area contributed by atoms with Gasteiger partial charge in [0.25, 0.3) is 0 Å². The van der Waals surface area contributed by atoms with Gasteiger partial charge in [0.2, 0.25) is 5.91 Å². The Hall–Kier alpha value is -4.99. The highest BCUT2D eigenvalue weighted by Crippen LogP contribution is 2.34. The van der Waals surface area contributed by atoms with Crippen LogP contribution in [0.2, 0.25) is 0 Å². The van der Waals surface area contributed by atoms with Gasteiger partial charge in [0.1, 0.15) is 34.1 Å². The van der Waals surface area contributed by atoms with Crippen molar-refractivity contribution >= 4 is 23.3 Å². The number of anilines is 1. The first-order chi connectivity index (χ1) is 21.0. The third-order valence-corrected chi connectivity index (χ3v) is 8.25.